The Morgan fingerprint density at radius 2 is 1.71 bits per heavy atom. The number of urea groups is 1. The van der Waals surface area contributed by atoms with Gasteiger partial charge in [0.1, 0.15) is 5.82 Å². The minimum absolute atomic E-state index is 0.0107. The number of carbonyl (C=O) groups is 2. The summed E-state index contributed by atoms with van der Waals surface area (Å²) in [5.41, 5.74) is 7.48. The van der Waals surface area contributed by atoms with Crippen molar-refractivity contribution in [2.45, 2.75) is 56.4 Å². The zero-order chi connectivity index (χ0) is 24.0. The van der Waals surface area contributed by atoms with Crippen LogP contribution >= 0.6 is 0 Å². The van der Waals surface area contributed by atoms with E-state index in [-0.39, 0.29) is 29.7 Å². The first-order valence-electron chi connectivity index (χ1n) is 12.2. The minimum Gasteiger partial charge on any atom is -0.354 e. The molecule has 7 nitrogen and oxygen atoms in total. The molecule has 2 aliphatic rings. The van der Waals surface area contributed by atoms with Gasteiger partial charge in [-0.25, -0.2) is 9.18 Å². The van der Waals surface area contributed by atoms with E-state index in [0.29, 0.717) is 19.6 Å². The molecule has 2 fully saturated rings. The van der Waals surface area contributed by atoms with Crippen molar-refractivity contribution >= 4 is 17.6 Å². The molecular weight excluding hydrogens is 433 g/mol. The highest BCUT2D eigenvalue weighted by atomic mass is 19.1. The molecule has 1 aromatic heterocycles. The number of likely N-dealkylation sites (tertiary alicyclic amines) is 1. The van der Waals surface area contributed by atoms with Gasteiger partial charge >= 0.3 is 6.03 Å². The highest BCUT2D eigenvalue weighted by molar-refractivity contribution is 5.89. The first-order chi connectivity index (χ1) is 16.5. The molecule has 1 atom stereocenters. The Bertz CT molecular complexity index is 955. The molecule has 1 saturated carbocycles. The van der Waals surface area contributed by atoms with Crippen LogP contribution in [-0.2, 0) is 10.2 Å². The van der Waals surface area contributed by atoms with E-state index in [9.17, 15) is 14.0 Å². The number of piperidine rings is 1. The number of aromatic nitrogens is 1. The van der Waals surface area contributed by atoms with Gasteiger partial charge in [0.2, 0.25) is 5.91 Å². The van der Waals surface area contributed by atoms with Crippen molar-refractivity contribution in [2.75, 3.05) is 25.0 Å². The topological polar surface area (TPSA) is 100 Å². The SMILES string of the molecule is NC(CNC(=O)C1(c2ccc(F)cc2)CCCCC1)C1CCN(C(=O)Nc2ccncc2)CC1. The molecule has 1 aliphatic carbocycles. The van der Waals surface area contributed by atoms with Crippen LogP contribution in [0.15, 0.2) is 48.8 Å². The quantitative estimate of drug-likeness (QED) is 0.601. The number of nitrogens with zero attached hydrogens (tertiary/aromatic N) is 2. The number of hydrogen-bond donors (Lipinski definition) is 3. The van der Waals surface area contributed by atoms with Gasteiger partial charge in [-0.05, 0) is 61.4 Å². The molecule has 3 amide bonds. The van der Waals surface area contributed by atoms with E-state index >= 15 is 0 Å². The second-order valence-corrected chi connectivity index (χ2v) is 9.51. The fourth-order valence-electron chi connectivity index (χ4n) is 5.29. The second kappa shape index (κ2) is 11.0. The van der Waals surface area contributed by atoms with E-state index < -0.39 is 5.41 Å². The predicted octanol–water partition coefficient (Wildman–Crippen LogP) is 3.81. The maximum Gasteiger partial charge on any atom is 0.321 e. The Morgan fingerprint density at radius 1 is 1.06 bits per heavy atom. The summed E-state index contributed by atoms with van der Waals surface area (Å²) in [6.45, 7) is 1.65. The highest BCUT2D eigenvalue weighted by Gasteiger charge is 2.41. The Kier molecular flexibility index (Phi) is 7.77. The summed E-state index contributed by atoms with van der Waals surface area (Å²) in [4.78, 5) is 31.6. The highest BCUT2D eigenvalue weighted by Crippen LogP contribution is 2.40. The first-order valence-corrected chi connectivity index (χ1v) is 12.2. The molecule has 34 heavy (non-hydrogen) atoms. The molecule has 4 N–H and O–H groups in total. The summed E-state index contributed by atoms with van der Waals surface area (Å²) in [5.74, 6) is -0.0697. The Balaban J connectivity index is 1.29. The van der Waals surface area contributed by atoms with Gasteiger partial charge in [-0.3, -0.25) is 9.78 Å². The van der Waals surface area contributed by atoms with Crippen molar-refractivity contribution in [3.05, 3.63) is 60.2 Å². The van der Waals surface area contributed by atoms with E-state index in [2.05, 4.69) is 15.6 Å². The average molecular weight is 468 g/mol. The molecule has 1 aliphatic heterocycles. The van der Waals surface area contributed by atoms with E-state index in [0.717, 1.165) is 56.2 Å². The molecule has 0 spiro atoms. The molecule has 1 aromatic carbocycles. The molecule has 4 rings (SSSR count). The summed E-state index contributed by atoms with van der Waals surface area (Å²) < 4.78 is 13.5. The summed E-state index contributed by atoms with van der Waals surface area (Å²) in [6, 6.07) is 9.57. The molecule has 1 unspecified atom stereocenters. The van der Waals surface area contributed by atoms with Crippen molar-refractivity contribution < 1.29 is 14.0 Å². The van der Waals surface area contributed by atoms with E-state index in [4.69, 9.17) is 5.73 Å². The lowest BCUT2D eigenvalue weighted by Gasteiger charge is -2.38. The van der Waals surface area contributed by atoms with Crippen LogP contribution in [0.1, 0.15) is 50.5 Å². The standard InChI is InChI=1S/C26H34FN5O2/c27-21-6-4-20(5-7-21)26(12-2-1-3-13-26)24(33)30-18-23(28)19-10-16-32(17-11-19)25(34)31-22-8-14-29-15-9-22/h4-9,14-15,19,23H,1-3,10-13,16-18,28H2,(H,30,33)(H,29,31,34). The lowest BCUT2D eigenvalue weighted by Crippen LogP contribution is -2.52. The zero-order valence-electron chi connectivity index (χ0n) is 19.5. The molecule has 2 heterocycles. The van der Waals surface area contributed by atoms with Crippen LogP contribution in [0.2, 0.25) is 0 Å². The molecule has 2 aromatic rings. The average Bonchev–Trinajstić information content (AvgIpc) is 2.88. The number of rotatable bonds is 6. The predicted molar refractivity (Wildman–Crippen MR) is 130 cm³/mol. The maximum atomic E-state index is 13.5. The van der Waals surface area contributed by atoms with Gasteiger partial charge in [0.15, 0.2) is 0 Å². The first kappa shape index (κ1) is 24.1. The lowest BCUT2D eigenvalue weighted by molar-refractivity contribution is -0.128. The number of hydrogen-bond acceptors (Lipinski definition) is 4. The van der Waals surface area contributed by atoms with Crippen LogP contribution in [0, 0.1) is 11.7 Å². The summed E-state index contributed by atoms with van der Waals surface area (Å²) in [6.07, 6.45) is 9.49. The third-order valence-corrected chi connectivity index (χ3v) is 7.40. The Labute approximate surface area is 200 Å². The van der Waals surface area contributed by atoms with Gasteiger partial charge in [-0.1, -0.05) is 31.4 Å². The molecule has 0 bridgehead atoms. The fourth-order valence-corrected chi connectivity index (χ4v) is 5.29. The van der Waals surface area contributed by atoms with Gasteiger partial charge < -0.3 is 21.3 Å². The zero-order valence-corrected chi connectivity index (χ0v) is 19.5. The normalized spacial score (nSPS) is 19.3. The summed E-state index contributed by atoms with van der Waals surface area (Å²) >= 11 is 0. The van der Waals surface area contributed by atoms with Crippen molar-refractivity contribution in [2.24, 2.45) is 11.7 Å². The number of anilines is 1. The van der Waals surface area contributed by atoms with Gasteiger partial charge in [0, 0.05) is 43.8 Å². The van der Waals surface area contributed by atoms with Crippen molar-refractivity contribution in [1.82, 2.24) is 15.2 Å². The van der Waals surface area contributed by atoms with Crippen LogP contribution in [0.25, 0.3) is 0 Å². The van der Waals surface area contributed by atoms with Crippen LogP contribution in [-0.4, -0.2) is 47.5 Å². The molecule has 1 saturated heterocycles. The summed E-state index contributed by atoms with van der Waals surface area (Å²) in [7, 11) is 0. The minimum atomic E-state index is -0.611. The number of halogens is 1. The smallest absolute Gasteiger partial charge is 0.321 e. The number of nitrogens with one attached hydrogen (secondary N) is 2. The number of nitrogens with two attached hydrogens (primary N) is 1. The molecule has 182 valence electrons. The Hall–Kier alpha value is -3.00. The number of carbonyl (C=O) groups excluding carboxylic acids is 2. The van der Waals surface area contributed by atoms with Crippen LogP contribution < -0.4 is 16.4 Å². The lowest BCUT2D eigenvalue weighted by atomic mass is 9.68. The monoisotopic (exact) mass is 467 g/mol. The van der Waals surface area contributed by atoms with Gasteiger partial charge in [-0.2, -0.15) is 0 Å². The van der Waals surface area contributed by atoms with Gasteiger partial charge in [0.05, 0.1) is 5.41 Å². The third kappa shape index (κ3) is 5.55. The Morgan fingerprint density at radius 3 is 2.35 bits per heavy atom. The van der Waals surface area contributed by atoms with Crippen molar-refractivity contribution in [1.29, 1.82) is 0 Å². The largest absolute Gasteiger partial charge is 0.354 e. The van der Waals surface area contributed by atoms with Gasteiger partial charge in [0.25, 0.3) is 0 Å². The molecular formula is C26H34FN5O2. The number of pyridine rings is 1. The number of benzene rings is 1. The van der Waals surface area contributed by atoms with Crippen LogP contribution in [0.3, 0.4) is 0 Å². The van der Waals surface area contributed by atoms with E-state index in [1.54, 1.807) is 41.6 Å². The van der Waals surface area contributed by atoms with Crippen LogP contribution in [0.5, 0.6) is 0 Å². The fraction of sp³-hybridized carbons (Fsp3) is 0.500. The van der Waals surface area contributed by atoms with E-state index in [1.807, 2.05) is 0 Å². The van der Waals surface area contributed by atoms with E-state index in [1.165, 1.54) is 12.1 Å². The van der Waals surface area contributed by atoms with Crippen molar-refractivity contribution in [3.8, 4) is 0 Å². The third-order valence-electron chi connectivity index (χ3n) is 7.40. The molecule has 0 radical (unpaired) electrons. The summed E-state index contributed by atoms with van der Waals surface area (Å²) in [5, 5.41) is 6.00. The molecule has 8 heteroatoms. The second-order valence-electron chi connectivity index (χ2n) is 9.51. The van der Waals surface area contributed by atoms with Crippen LogP contribution in [0.4, 0.5) is 14.9 Å². The number of amides is 3. The van der Waals surface area contributed by atoms with Crippen molar-refractivity contribution in [3.63, 3.8) is 0 Å². The van der Waals surface area contributed by atoms with Gasteiger partial charge in [-0.15, -0.1) is 0 Å². The maximum absolute atomic E-state index is 13.5.